The molecule has 0 aromatic carbocycles. The number of nitrogens with one attached hydrogen (secondary N) is 1. The standard InChI is InChI=1S/C15H32N2O2/c1-11(2)13(4)17-14(18)8-7-12(3)19-10-9-15(5,6)16/h11-13H,7-10,16H2,1-6H3,(H,17,18). The predicted molar refractivity (Wildman–Crippen MR) is 80.0 cm³/mol. The van der Waals surface area contributed by atoms with Gasteiger partial charge in [-0.05, 0) is 46.5 Å². The van der Waals surface area contributed by atoms with Crippen molar-refractivity contribution in [3.8, 4) is 0 Å². The number of nitrogens with two attached hydrogens (primary N) is 1. The zero-order chi connectivity index (χ0) is 15.1. The van der Waals surface area contributed by atoms with Crippen LogP contribution in [0.5, 0.6) is 0 Å². The Morgan fingerprint density at radius 1 is 1.26 bits per heavy atom. The highest BCUT2D eigenvalue weighted by atomic mass is 16.5. The Labute approximate surface area is 118 Å². The molecular formula is C15H32N2O2. The van der Waals surface area contributed by atoms with Crippen molar-refractivity contribution in [2.45, 2.75) is 78.5 Å². The maximum absolute atomic E-state index is 11.7. The number of amides is 1. The first-order chi connectivity index (χ1) is 8.61. The molecule has 0 spiro atoms. The van der Waals surface area contributed by atoms with E-state index in [0.29, 0.717) is 18.9 Å². The molecule has 0 heterocycles. The molecule has 1 amide bonds. The fourth-order valence-corrected chi connectivity index (χ4v) is 1.43. The van der Waals surface area contributed by atoms with Crippen LogP contribution in [0.1, 0.15) is 60.8 Å². The van der Waals surface area contributed by atoms with E-state index in [0.717, 1.165) is 12.8 Å². The average molecular weight is 272 g/mol. The van der Waals surface area contributed by atoms with Crippen molar-refractivity contribution in [2.75, 3.05) is 6.61 Å². The first-order valence-electron chi connectivity index (χ1n) is 7.31. The van der Waals surface area contributed by atoms with Crippen LogP contribution in [0.2, 0.25) is 0 Å². The molecule has 3 N–H and O–H groups in total. The highest BCUT2D eigenvalue weighted by molar-refractivity contribution is 5.76. The quantitative estimate of drug-likeness (QED) is 0.677. The molecule has 4 nitrogen and oxygen atoms in total. The van der Waals surface area contributed by atoms with Crippen LogP contribution in [-0.4, -0.2) is 30.2 Å². The smallest absolute Gasteiger partial charge is 0.220 e. The minimum atomic E-state index is -0.191. The second-order valence-corrected chi connectivity index (χ2v) is 6.56. The van der Waals surface area contributed by atoms with Crippen molar-refractivity contribution in [2.24, 2.45) is 11.7 Å². The molecular weight excluding hydrogens is 240 g/mol. The third-order valence-corrected chi connectivity index (χ3v) is 3.32. The van der Waals surface area contributed by atoms with Crippen LogP contribution in [0.3, 0.4) is 0 Å². The lowest BCUT2D eigenvalue weighted by Gasteiger charge is -2.21. The number of carbonyl (C=O) groups excluding carboxylic acids is 1. The SMILES string of the molecule is CC(CCC(=O)NC(C)C(C)C)OCCC(C)(C)N. The summed E-state index contributed by atoms with van der Waals surface area (Å²) < 4.78 is 5.66. The van der Waals surface area contributed by atoms with Gasteiger partial charge in [0, 0.05) is 24.6 Å². The van der Waals surface area contributed by atoms with Gasteiger partial charge in [0.2, 0.25) is 5.91 Å². The van der Waals surface area contributed by atoms with E-state index < -0.39 is 0 Å². The normalized spacial score (nSPS) is 15.4. The van der Waals surface area contributed by atoms with Crippen molar-refractivity contribution in [3.63, 3.8) is 0 Å². The summed E-state index contributed by atoms with van der Waals surface area (Å²) >= 11 is 0. The molecule has 19 heavy (non-hydrogen) atoms. The third-order valence-electron chi connectivity index (χ3n) is 3.32. The van der Waals surface area contributed by atoms with Gasteiger partial charge in [-0.1, -0.05) is 13.8 Å². The molecule has 2 unspecified atom stereocenters. The first-order valence-corrected chi connectivity index (χ1v) is 7.31. The van der Waals surface area contributed by atoms with Crippen LogP contribution in [0, 0.1) is 5.92 Å². The zero-order valence-corrected chi connectivity index (χ0v) is 13.5. The number of hydrogen-bond donors (Lipinski definition) is 2. The molecule has 0 rings (SSSR count). The molecule has 0 saturated heterocycles. The monoisotopic (exact) mass is 272 g/mol. The average Bonchev–Trinajstić information content (AvgIpc) is 2.24. The lowest BCUT2D eigenvalue weighted by atomic mass is 10.0. The summed E-state index contributed by atoms with van der Waals surface area (Å²) in [6, 6.07) is 0.224. The van der Waals surface area contributed by atoms with E-state index in [9.17, 15) is 4.79 Å². The lowest BCUT2D eigenvalue weighted by Crippen LogP contribution is -2.36. The molecule has 0 bridgehead atoms. The molecule has 2 atom stereocenters. The van der Waals surface area contributed by atoms with Gasteiger partial charge in [0.1, 0.15) is 0 Å². The van der Waals surface area contributed by atoms with Crippen LogP contribution < -0.4 is 11.1 Å². The minimum absolute atomic E-state index is 0.0995. The topological polar surface area (TPSA) is 64.3 Å². The van der Waals surface area contributed by atoms with Crippen molar-refractivity contribution >= 4 is 5.91 Å². The first kappa shape index (κ1) is 18.4. The van der Waals surface area contributed by atoms with Crippen LogP contribution >= 0.6 is 0 Å². The Hall–Kier alpha value is -0.610. The fourth-order valence-electron chi connectivity index (χ4n) is 1.43. The third kappa shape index (κ3) is 11.0. The zero-order valence-electron chi connectivity index (χ0n) is 13.5. The van der Waals surface area contributed by atoms with E-state index in [4.69, 9.17) is 10.5 Å². The van der Waals surface area contributed by atoms with Crippen LogP contribution in [-0.2, 0) is 9.53 Å². The molecule has 0 saturated carbocycles. The minimum Gasteiger partial charge on any atom is -0.378 e. The Morgan fingerprint density at radius 2 is 1.84 bits per heavy atom. The molecule has 0 aliphatic carbocycles. The van der Waals surface area contributed by atoms with Crippen LogP contribution in [0.15, 0.2) is 0 Å². The molecule has 114 valence electrons. The molecule has 4 heteroatoms. The van der Waals surface area contributed by atoms with E-state index >= 15 is 0 Å². The molecule has 0 aromatic rings. The fraction of sp³-hybridized carbons (Fsp3) is 0.933. The predicted octanol–water partition coefficient (Wildman–Crippen LogP) is 2.46. The van der Waals surface area contributed by atoms with Crippen LogP contribution in [0.25, 0.3) is 0 Å². The van der Waals surface area contributed by atoms with Crippen molar-refractivity contribution in [1.82, 2.24) is 5.32 Å². The van der Waals surface area contributed by atoms with Crippen LogP contribution in [0.4, 0.5) is 0 Å². The van der Waals surface area contributed by atoms with Gasteiger partial charge in [0.25, 0.3) is 0 Å². The van der Waals surface area contributed by atoms with E-state index in [1.54, 1.807) is 0 Å². The number of hydrogen-bond acceptors (Lipinski definition) is 3. The summed E-state index contributed by atoms with van der Waals surface area (Å²) in [5.41, 5.74) is 5.69. The molecule has 0 aliphatic rings. The molecule has 0 fully saturated rings. The Bertz CT molecular complexity index is 259. The molecule has 0 aromatic heterocycles. The number of ether oxygens (including phenoxy) is 1. The van der Waals surface area contributed by atoms with E-state index in [1.807, 2.05) is 27.7 Å². The van der Waals surface area contributed by atoms with E-state index in [2.05, 4.69) is 19.2 Å². The van der Waals surface area contributed by atoms with Gasteiger partial charge in [0.05, 0.1) is 6.10 Å². The summed E-state index contributed by atoms with van der Waals surface area (Å²) in [6.45, 7) is 12.9. The van der Waals surface area contributed by atoms with Crippen molar-refractivity contribution < 1.29 is 9.53 Å². The Kier molecular flexibility index (Phi) is 8.26. The lowest BCUT2D eigenvalue weighted by molar-refractivity contribution is -0.122. The summed E-state index contributed by atoms with van der Waals surface area (Å²) in [7, 11) is 0. The highest BCUT2D eigenvalue weighted by Crippen LogP contribution is 2.08. The van der Waals surface area contributed by atoms with E-state index in [1.165, 1.54) is 0 Å². The van der Waals surface area contributed by atoms with Gasteiger partial charge < -0.3 is 15.8 Å². The number of rotatable bonds is 9. The summed E-state index contributed by atoms with van der Waals surface area (Å²) in [6.07, 6.45) is 2.20. The Balaban J connectivity index is 3.72. The maximum Gasteiger partial charge on any atom is 0.220 e. The number of carbonyl (C=O) groups is 1. The van der Waals surface area contributed by atoms with Gasteiger partial charge in [-0.15, -0.1) is 0 Å². The van der Waals surface area contributed by atoms with Gasteiger partial charge in [-0.2, -0.15) is 0 Å². The van der Waals surface area contributed by atoms with Gasteiger partial charge >= 0.3 is 0 Å². The van der Waals surface area contributed by atoms with Crippen molar-refractivity contribution in [1.29, 1.82) is 0 Å². The summed E-state index contributed by atoms with van der Waals surface area (Å²) in [5.74, 6) is 0.570. The Morgan fingerprint density at radius 3 is 2.32 bits per heavy atom. The molecule has 0 aliphatic heterocycles. The van der Waals surface area contributed by atoms with Gasteiger partial charge in [-0.3, -0.25) is 4.79 Å². The van der Waals surface area contributed by atoms with E-state index in [-0.39, 0.29) is 23.6 Å². The maximum atomic E-state index is 11.7. The molecule has 0 radical (unpaired) electrons. The highest BCUT2D eigenvalue weighted by Gasteiger charge is 2.14. The largest absolute Gasteiger partial charge is 0.378 e. The van der Waals surface area contributed by atoms with Gasteiger partial charge in [-0.25, -0.2) is 0 Å². The second-order valence-electron chi connectivity index (χ2n) is 6.56. The van der Waals surface area contributed by atoms with Crippen molar-refractivity contribution in [3.05, 3.63) is 0 Å². The van der Waals surface area contributed by atoms with Gasteiger partial charge in [0.15, 0.2) is 0 Å². The summed E-state index contributed by atoms with van der Waals surface area (Å²) in [5, 5.41) is 3.00. The second kappa shape index (κ2) is 8.54. The summed E-state index contributed by atoms with van der Waals surface area (Å²) in [4.78, 5) is 11.7.